The number of hydrogen-bond acceptors (Lipinski definition) is 3. The van der Waals surface area contributed by atoms with Crippen LogP contribution >= 0.6 is 0 Å². The molecule has 2 rings (SSSR count). The molecule has 0 aliphatic carbocycles. The standard InChI is InChI=1S/C18H17F3N2O2/c1-25-16-10-13(5-6-15(16)22)11-17(24)23-8-7-12-3-2-4-14(9-12)18(19,20)21/h2-10H,11,22H2,1H3,(H,23,24)/b8-7+. The number of carbonyl (C=O) groups is 1. The van der Waals surface area contributed by atoms with E-state index < -0.39 is 11.7 Å². The van der Waals surface area contributed by atoms with Crippen molar-refractivity contribution < 1.29 is 22.7 Å². The highest BCUT2D eigenvalue weighted by atomic mass is 19.4. The van der Waals surface area contributed by atoms with Gasteiger partial charge in [-0.2, -0.15) is 13.2 Å². The Labute approximate surface area is 143 Å². The summed E-state index contributed by atoms with van der Waals surface area (Å²) in [7, 11) is 1.48. The Morgan fingerprint density at radius 2 is 2.00 bits per heavy atom. The molecule has 25 heavy (non-hydrogen) atoms. The fraction of sp³-hybridized carbons (Fsp3) is 0.167. The molecule has 0 aliphatic heterocycles. The number of nitrogens with one attached hydrogen (secondary N) is 1. The SMILES string of the molecule is COc1cc(CC(=O)N/C=C/c2cccc(C(F)(F)F)c2)ccc1N. The summed E-state index contributed by atoms with van der Waals surface area (Å²) in [4.78, 5) is 11.9. The summed E-state index contributed by atoms with van der Waals surface area (Å²) in [6.07, 6.45) is -1.60. The maximum atomic E-state index is 12.6. The zero-order valence-corrected chi connectivity index (χ0v) is 13.4. The largest absolute Gasteiger partial charge is 0.495 e. The van der Waals surface area contributed by atoms with Crippen LogP contribution in [-0.4, -0.2) is 13.0 Å². The molecule has 7 heteroatoms. The fourth-order valence-electron chi connectivity index (χ4n) is 2.15. The van der Waals surface area contributed by atoms with Gasteiger partial charge in [-0.1, -0.05) is 18.2 Å². The molecule has 0 fully saturated rings. The lowest BCUT2D eigenvalue weighted by Gasteiger charge is -2.07. The lowest BCUT2D eigenvalue weighted by atomic mass is 10.1. The second-order valence-electron chi connectivity index (χ2n) is 5.28. The first-order valence-corrected chi connectivity index (χ1v) is 7.35. The molecule has 0 heterocycles. The zero-order valence-electron chi connectivity index (χ0n) is 13.4. The third-order valence-corrected chi connectivity index (χ3v) is 3.40. The molecule has 0 spiro atoms. The van der Waals surface area contributed by atoms with E-state index in [1.807, 2.05) is 0 Å². The first kappa shape index (κ1) is 18.4. The van der Waals surface area contributed by atoms with Crippen molar-refractivity contribution in [2.45, 2.75) is 12.6 Å². The second kappa shape index (κ2) is 7.74. The highest BCUT2D eigenvalue weighted by molar-refractivity contribution is 5.80. The maximum Gasteiger partial charge on any atom is 0.416 e. The molecule has 0 atom stereocenters. The molecule has 0 aliphatic rings. The Morgan fingerprint density at radius 1 is 1.24 bits per heavy atom. The van der Waals surface area contributed by atoms with E-state index in [-0.39, 0.29) is 12.3 Å². The van der Waals surface area contributed by atoms with Gasteiger partial charge in [-0.3, -0.25) is 4.79 Å². The summed E-state index contributed by atoms with van der Waals surface area (Å²) in [5.41, 5.74) is 6.47. The Hall–Kier alpha value is -2.96. The van der Waals surface area contributed by atoms with Crippen molar-refractivity contribution in [2.75, 3.05) is 12.8 Å². The van der Waals surface area contributed by atoms with Crippen LogP contribution in [0, 0.1) is 0 Å². The van der Waals surface area contributed by atoms with Crippen molar-refractivity contribution in [3.05, 3.63) is 65.4 Å². The molecule has 2 aromatic rings. The normalized spacial score (nSPS) is 11.5. The average molecular weight is 350 g/mol. The van der Waals surface area contributed by atoms with Crippen molar-refractivity contribution in [3.8, 4) is 5.75 Å². The molecule has 0 radical (unpaired) electrons. The van der Waals surface area contributed by atoms with E-state index in [1.165, 1.54) is 31.5 Å². The van der Waals surface area contributed by atoms with Crippen LogP contribution in [0.5, 0.6) is 5.75 Å². The van der Waals surface area contributed by atoms with Gasteiger partial charge in [-0.15, -0.1) is 0 Å². The Balaban J connectivity index is 1.97. The predicted octanol–water partition coefficient (Wildman–Crippen LogP) is 3.63. The second-order valence-corrected chi connectivity index (χ2v) is 5.28. The summed E-state index contributed by atoms with van der Waals surface area (Å²) < 4.78 is 43.0. The first-order valence-electron chi connectivity index (χ1n) is 7.35. The molecule has 0 aromatic heterocycles. The smallest absolute Gasteiger partial charge is 0.416 e. The van der Waals surface area contributed by atoms with Crippen LogP contribution in [0.3, 0.4) is 0 Å². The number of methoxy groups -OCH3 is 1. The number of halogens is 3. The van der Waals surface area contributed by atoms with E-state index in [4.69, 9.17) is 10.5 Å². The molecule has 132 valence electrons. The van der Waals surface area contributed by atoms with Crippen molar-refractivity contribution in [1.82, 2.24) is 5.32 Å². The van der Waals surface area contributed by atoms with E-state index in [9.17, 15) is 18.0 Å². The summed E-state index contributed by atoms with van der Waals surface area (Å²) in [6.45, 7) is 0. The summed E-state index contributed by atoms with van der Waals surface area (Å²) >= 11 is 0. The number of rotatable bonds is 5. The van der Waals surface area contributed by atoms with E-state index in [2.05, 4.69) is 5.32 Å². The number of anilines is 1. The molecular formula is C18H17F3N2O2. The number of nitrogens with two attached hydrogens (primary N) is 1. The summed E-state index contributed by atoms with van der Waals surface area (Å²) in [5.74, 6) is 0.167. The van der Waals surface area contributed by atoms with Gasteiger partial charge >= 0.3 is 6.18 Å². The van der Waals surface area contributed by atoms with Crippen LogP contribution in [0.25, 0.3) is 6.08 Å². The lowest BCUT2D eigenvalue weighted by Crippen LogP contribution is -2.19. The fourth-order valence-corrected chi connectivity index (χ4v) is 2.15. The van der Waals surface area contributed by atoms with Gasteiger partial charge in [0.05, 0.1) is 24.8 Å². The first-order chi connectivity index (χ1) is 11.8. The zero-order chi connectivity index (χ0) is 18.4. The number of amides is 1. The molecule has 4 nitrogen and oxygen atoms in total. The van der Waals surface area contributed by atoms with E-state index in [1.54, 1.807) is 18.2 Å². The van der Waals surface area contributed by atoms with Crippen LogP contribution in [0.4, 0.5) is 18.9 Å². The minimum absolute atomic E-state index is 0.0869. The van der Waals surface area contributed by atoms with Crippen molar-refractivity contribution >= 4 is 17.7 Å². The molecule has 0 saturated carbocycles. The molecule has 1 amide bonds. The number of benzene rings is 2. The number of ether oxygens (including phenoxy) is 1. The Morgan fingerprint density at radius 3 is 2.68 bits per heavy atom. The van der Waals surface area contributed by atoms with Crippen LogP contribution in [-0.2, 0) is 17.4 Å². The number of alkyl halides is 3. The van der Waals surface area contributed by atoms with Crippen molar-refractivity contribution in [2.24, 2.45) is 0 Å². The van der Waals surface area contributed by atoms with Crippen molar-refractivity contribution in [3.63, 3.8) is 0 Å². The van der Waals surface area contributed by atoms with Crippen LogP contribution in [0.15, 0.2) is 48.7 Å². The van der Waals surface area contributed by atoms with Crippen molar-refractivity contribution in [1.29, 1.82) is 0 Å². The Kier molecular flexibility index (Phi) is 5.69. The van der Waals surface area contributed by atoms with Crippen LogP contribution < -0.4 is 15.8 Å². The highest BCUT2D eigenvalue weighted by Gasteiger charge is 2.30. The molecule has 2 aromatic carbocycles. The number of hydrogen-bond donors (Lipinski definition) is 2. The average Bonchev–Trinajstić information content (AvgIpc) is 2.56. The van der Waals surface area contributed by atoms with Gasteiger partial charge in [0.25, 0.3) is 0 Å². The predicted molar refractivity (Wildman–Crippen MR) is 89.7 cm³/mol. The molecule has 0 unspecified atom stereocenters. The Bertz CT molecular complexity index is 786. The topological polar surface area (TPSA) is 64.3 Å². The van der Waals surface area contributed by atoms with E-state index in [0.717, 1.165) is 12.1 Å². The maximum absolute atomic E-state index is 12.6. The molecule has 0 bridgehead atoms. The number of nitrogen functional groups attached to an aromatic ring is 1. The third kappa shape index (κ3) is 5.27. The van der Waals surface area contributed by atoms with Gasteiger partial charge in [0.1, 0.15) is 5.75 Å². The quantitative estimate of drug-likeness (QED) is 0.810. The molecule has 3 N–H and O–H groups in total. The van der Waals surface area contributed by atoms with Crippen LogP contribution in [0.1, 0.15) is 16.7 Å². The van der Waals surface area contributed by atoms with Gasteiger partial charge in [-0.05, 0) is 41.5 Å². The summed E-state index contributed by atoms with van der Waals surface area (Å²) in [5, 5.41) is 2.52. The highest BCUT2D eigenvalue weighted by Crippen LogP contribution is 2.29. The van der Waals surface area contributed by atoms with Gasteiger partial charge in [0.15, 0.2) is 0 Å². The van der Waals surface area contributed by atoms with E-state index >= 15 is 0 Å². The van der Waals surface area contributed by atoms with Gasteiger partial charge in [0.2, 0.25) is 5.91 Å². The van der Waals surface area contributed by atoms with E-state index in [0.29, 0.717) is 22.6 Å². The van der Waals surface area contributed by atoms with Gasteiger partial charge < -0.3 is 15.8 Å². The minimum atomic E-state index is -4.40. The third-order valence-electron chi connectivity index (χ3n) is 3.40. The number of carbonyl (C=O) groups excluding carboxylic acids is 1. The van der Waals surface area contributed by atoms with Crippen LogP contribution in [0.2, 0.25) is 0 Å². The molecular weight excluding hydrogens is 333 g/mol. The van der Waals surface area contributed by atoms with Gasteiger partial charge in [0, 0.05) is 6.20 Å². The monoisotopic (exact) mass is 350 g/mol. The minimum Gasteiger partial charge on any atom is -0.495 e. The van der Waals surface area contributed by atoms with Gasteiger partial charge in [-0.25, -0.2) is 0 Å². The molecule has 0 saturated heterocycles. The summed E-state index contributed by atoms with van der Waals surface area (Å²) in [6, 6.07) is 9.82. The lowest BCUT2D eigenvalue weighted by molar-refractivity contribution is -0.137.